The van der Waals surface area contributed by atoms with Crippen molar-refractivity contribution in [1.29, 1.82) is 0 Å². The van der Waals surface area contributed by atoms with E-state index in [1.165, 1.54) is 43.4 Å². The van der Waals surface area contributed by atoms with Gasteiger partial charge in [-0.25, -0.2) is 9.97 Å². The van der Waals surface area contributed by atoms with Crippen LogP contribution in [-0.2, 0) is 17.9 Å². The number of aliphatic carboxylic acids is 1. The van der Waals surface area contributed by atoms with Crippen molar-refractivity contribution in [1.82, 2.24) is 35.1 Å². The predicted molar refractivity (Wildman–Crippen MR) is 197 cm³/mol. The van der Waals surface area contributed by atoms with Crippen molar-refractivity contribution in [3.05, 3.63) is 108 Å². The summed E-state index contributed by atoms with van der Waals surface area (Å²) in [6, 6.07) is 21.3. The van der Waals surface area contributed by atoms with Crippen LogP contribution in [0.4, 0.5) is 0 Å². The van der Waals surface area contributed by atoms with E-state index in [1.807, 2.05) is 53.8 Å². The Morgan fingerprint density at radius 3 is 1.74 bits per heavy atom. The highest BCUT2D eigenvalue weighted by atomic mass is 16.4. The molecule has 47 heavy (non-hydrogen) atoms. The van der Waals surface area contributed by atoms with Gasteiger partial charge in [-0.15, -0.1) is 0 Å². The second-order valence-electron chi connectivity index (χ2n) is 11.2. The third-order valence-corrected chi connectivity index (χ3v) is 8.21. The minimum Gasteiger partial charge on any atom is -0.480 e. The molecule has 262 valence electrons. The lowest BCUT2D eigenvalue weighted by atomic mass is 10.2. The maximum absolute atomic E-state index is 11.0. The predicted octanol–water partition coefficient (Wildman–Crippen LogP) is 8.50. The molecule has 4 aromatic rings. The molecule has 0 radical (unpaired) electrons. The van der Waals surface area contributed by atoms with Crippen LogP contribution in [0.25, 0.3) is 0 Å². The summed E-state index contributed by atoms with van der Waals surface area (Å²) in [5, 5.41) is 12.4. The summed E-state index contributed by atoms with van der Waals surface area (Å²) in [6.45, 7) is 4.96. The van der Waals surface area contributed by atoms with E-state index in [-0.39, 0.29) is 43.2 Å². The largest absolute Gasteiger partial charge is 0.480 e. The summed E-state index contributed by atoms with van der Waals surface area (Å²) in [4.78, 5) is 30.4. The average Bonchev–Trinajstić information content (AvgIpc) is 3.86. The number of H-pyrrole nitrogens is 2. The number of likely N-dealkylation sites (tertiary alicyclic amines) is 2. The molecule has 0 bridgehead atoms. The molecule has 3 fully saturated rings. The van der Waals surface area contributed by atoms with Crippen molar-refractivity contribution in [2.24, 2.45) is 0 Å². The molecule has 9 heteroatoms. The highest BCUT2D eigenvalue weighted by molar-refractivity contribution is 5.73. The summed E-state index contributed by atoms with van der Waals surface area (Å²) >= 11 is 0. The number of nitrogens with one attached hydrogen (secondary N) is 3. The Balaban J connectivity index is 0.000000658. The first-order chi connectivity index (χ1) is 20.7. The minimum absolute atomic E-state index is 0. The molecule has 2 aromatic carbocycles. The van der Waals surface area contributed by atoms with Crippen molar-refractivity contribution in [3.8, 4) is 0 Å². The lowest BCUT2D eigenvalue weighted by Crippen LogP contribution is -2.35. The summed E-state index contributed by atoms with van der Waals surface area (Å²) in [6.07, 6.45) is 14.1. The van der Waals surface area contributed by atoms with Gasteiger partial charge >= 0.3 is 5.97 Å². The molecule has 3 atom stereocenters. The van der Waals surface area contributed by atoms with Gasteiger partial charge in [0.15, 0.2) is 0 Å². The van der Waals surface area contributed by atoms with Gasteiger partial charge in [0.05, 0.1) is 12.1 Å². The number of nitrogens with zero attached hydrogens (tertiary/aromatic N) is 4. The smallest absolute Gasteiger partial charge is 0.320 e. The number of hydrogen-bond donors (Lipinski definition) is 4. The first-order valence-corrected chi connectivity index (χ1v) is 15.2. The lowest BCUT2D eigenvalue weighted by Gasteiger charge is -2.22. The van der Waals surface area contributed by atoms with E-state index in [9.17, 15) is 4.79 Å². The zero-order valence-corrected chi connectivity index (χ0v) is 24.2. The van der Waals surface area contributed by atoms with E-state index in [4.69, 9.17) is 5.11 Å². The Bertz CT molecular complexity index is 1290. The molecule has 0 amide bonds. The molecule has 3 saturated heterocycles. The number of hydrogen-bond acceptors (Lipinski definition) is 6. The van der Waals surface area contributed by atoms with Gasteiger partial charge < -0.3 is 20.4 Å². The van der Waals surface area contributed by atoms with E-state index in [2.05, 4.69) is 60.5 Å². The first kappa shape index (κ1) is 43.2. The molecule has 0 saturated carbocycles. The molecule has 0 spiro atoms. The molecule has 2 aromatic heterocycles. The minimum atomic E-state index is -0.691. The van der Waals surface area contributed by atoms with E-state index >= 15 is 0 Å². The standard InChI is InChI=1S/C14H17N3.C12H15NO2.C7H11N3.5CH4/c1-2-5-12(6-3-1)11-17-10-4-7-13(17)14-15-8-9-16-14;14-12(15)11-7-4-8-13(11)9-10-5-2-1-3-6-10;1-2-6(8-3-1)7-9-4-5-10-7;;;;;/h1-3,5-6,8-9,13H,4,7,10-11H2,(H,15,16);1-3,5-6,11H,4,7-9H2,(H,14,15);4-6,8H,1-3H2,(H,9,10);5*1H4. The van der Waals surface area contributed by atoms with Crippen LogP contribution in [0.1, 0.15) is 111 Å². The van der Waals surface area contributed by atoms with Crippen LogP contribution in [-0.4, -0.2) is 66.5 Å². The van der Waals surface area contributed by atoms with Gasteiger partial charge in [-0.05, 0) is 69.3 Å². The molecular formula is C38H63N7O2. The fourth-order valence-corrected chi connectivity index (χ4v) is 6.10. The SMILES string of the molecule is C.C.C.C.C.O=C(O)C1CCCN1Cc1ccccc1.c1c[nH]c(C2CCCN2)n1.c1ccc(CN2CCCC2c2ncc[nH]2)cc1. The monoisotopic (exact) mass is 650 g/mol. The van der Waals surface area contributed by atoms with E-state index < -0.39 is 5.97 Å². The fourth-order valence-electron chi connectivity index (χ4n) is 6.10. The Morgan fingerprint density at radius 2 is 1.23 bits per heavy atom. The van der Waals surface area contributed by atoms with Crippen LogP contribution in [0.3, 0.4) is 0 Å². The summed E-state index contributed by atoms with van der Waals surface area (Å²) in [7, 11) is 0. The highest BCUT2D eigenvalue weighted by Gasteiger charge is 2.30. The van der Waals surface area contributed by atoms with Crippen molar-refractivity contribution in [3.63, 3.8) is 0 Å². The molecular weight excluding hydrogens is 586 g/mol. The molecule has 3 unspecified atom stereocenters. The molecule has 5 heterocycles. The number of benzene rings is 2. The Hall–Kier alpha value is -3.79. The fraction of sp³-hybridized carbons (Fsp3) is 0.500. The van der Waals surface area contributed by atoms with Crippen molar-refractivity contribution < 1.29 is 9.90 Å². The van der Waals surface area contributed by atoms with Crippen LogP contribution in [0.5, 0.6) is 0 Å². The Labute approximate surface area is 285 Å². The lowest BCUT2D eigenvalue weighted by molar-refractivity contribution is -0.142. The van der Waals surface area contributed by atoms with Gasteiger partial charge in [0, 0.05) is 37.9 Å². The van der Waals surface area contributed by atoms with Crippen LogP contribution < -0.4 is 5.32 Å². The quantitative estimate of drug-likeness (QED) is 0.159. The Kier molecular flexibility index (Phi) is 20.9. The van der Waals surface area contributed by atoms with Gasteiger partial charge in [0.25, 0.3) is 0 Å². The maximum atomic E-state index is 11.0. The van der Waals surface area contributed by atoms with Gasteiger partial charge in [-0.2, -0.15) is 0 Å². The van der Waals surface area contributed by atoms with Crippen LogP contribution in [0.15, 0.2) is 85.5 Å². The Morgan fingerprint density at radius 1 is 0.702 bits per heavy atom. The summed E-state index contributed by atoms with van der Waals surface area (Å²) in [5.41, 5.74) is 2.57. The second kappa shape index (κ2) is 22.7. The number of carboxylic acid groups (broad SMARTS) is 1. The number of carbonyl (C=O) groups is 1. The van der Waals surface area contributed by atoms with Gasteiger partial charge in [0.2, 0.25) is 0 Å². The van der Waals surface area contributed by atoms with Crippen molar-refractivity contribution in [2.75, 3.05) is 19.6 Å². The van der Waals surface area contributed by atoms with Gasteiger partial charge in [-0.3, -0.25) is 14.6 Å². The van der Waals surface area contributed by atoms with Crippen LogP contribution in [0, 0.1) is 0 Å². The van der Waals surface area contributed by atoms with Crippen LogP contribution in [0.2, 0.25) is 0 Å². The van der Waals surface area contributed by atoms with Crippen molar-refractivity contribution >= 4 is 5.97 Å². The molecule has 3 aliphatic rings. The normalized spacial score (nSPS) is 19.9. The molecule has 9 nitrogen and oxygen atoms in total. The molecule has 7 rings (SSSR count). The molecule has 4 N–H and O–H groups in total. The maximum Gasteiger partial charge on any atom is 0.320 e. The third kappa shape index (κ3) is 12.7. The number of aromatic nitrogens is 4. The topological polar surface area (TPSA) is 113 Å². The first-order valence-electron chi connectivity index (χ1n) is 15.2. The summed E-state index contributed by atoms with van der Waals surface area (Å²) in [5.74, 6) is 1.50. The van der Waals surface area contributed by atoms with Gasteiger partial charge in [0.1, 0.15) is 17.7 Å². The second-order valence-corrected chi connectivity index (χ2v) is 11.2. The number of rotatable bonds is 7. The number of imidazole rings is 2. The van der Waals surface area contributed by atoms with Crippen molar-refractivity contribution in [2.45, 2.75) is 107 Å². The molecule has 3 aliphatic heterocycles. The van der Waals surface area contributed by atoms with E-state index in [0.717, 1.165) is 50.7 Å². The number of aromatic amines is 2. The van der Waals surface area contributed by atoms with E-state index in [1.54, 1.807) is 6.20 Å². The number of carboxylic acids is 1. The third-order valence-electron chi connectivity index (χ3n) is 8.21. The zero-order valence-electron chi connectivity index (χ0n) is 24.2. The van der Waals surface area contributed by atoms with E-state index in [0.29, 0.717) is 12.1 Å². The molecule has 0 aliphatic carbocycles. The summed E-state index contributed by atoms with van der Waals surface area (Å²) < 4.78 is 0. The average molecular weight is 650 g/mol. The van der Waals surface area contributed by atoms with Crippen LogP contribution >= 0.6 is 0 Å². The zero-order chi connectivity index (χ0) is 29.0. The highest BCUT2D eigenvalue weighted by Crippen LogP contribution is 2.31. The van der Waals surface area contributed by atoms with Gasteiger partial charge in [-0.1, -0.05) is 97.8 Å².